The van der Waals surface area contributed by atoms with E-state index in [4.69, 9.17) is 0 Å². The molecule has 3 rings (SSSR count). The Balaban J connectivity index is 1.61. The average molecular weight is 365 g/mol. The van der Waals surface area contributed by atoms with Crippen LogP contribution < -0.4 is 5.32 Å². The quantitative estimate of drug-likeness (QED) is 0.890. The number of likely N-dealkylation sites (tertiary alicyclic amines) is 1. The Bertz CT molecular complexity index is 570. The van der Waals surface area contributed by atoms with E-state index >= 15 is 0 Å². The third-order valence-corrected chi connectivity index (χ3v) is 5.13. The van der Waals surface area contributed by atoms with E-state index < -0.39 is 0 Å². The van der Waals surface area contributed by atoms with Gasteiger partial charge < -0.3 is 10.2 Å². The first-order valence-electron chi connectivity index (χ1n) is 7.99. The lowest BCUT2D eigenvalue weighted by atomic mass is 9.94. The van der Waals surface area contributed by atoms with Crippen LogP contribution in [0, 0.1) is 5.92 Å². The zero-order valence-electron chi connectivity index (χ0n) is 12.6. The largest absolute Gasteiger partial charge is 0.339 e. The van der Waals surface area contributed by atoms with Crippen LogP contribution in [0.4, 0.5) is 5.69 Å². The maximum Gasteiger partial charge on any atom is 0.229 e. The van der Waals surface area contributed by atoms with Crippen LogP contribution in [0.3, 0.4) is 0 Å². The fraction of sp³-hybridized carbons (Fsp3) is 0.529. The fourth-order valence-corrected chi connectivity index (χ4v) is 3.86. The van der Waals surface area contributed by atoms with Gasteiger partial charge in [-0.15, -0.1) is 0 Å². The lowest BCUT2D eigenvalue weighted by Crippen LogP contribution is -2.38. The van der Waals surface area contributed by atoms with Crippen molar-refractivity contribution in [1.29, 1.82) is 0 Å². The number of carbonyl (C=O) groups excluding carboxylic acids is 2. The molecule has 2 aliphatic rings. The Morgan fingerprint density at radius 2 is 2.00 bits per heavy atom. The molecule has 1 N–H and O–H groups in total. The zero-order valence-corrected chi connectivity index (χ0v) is 14.1. The van der Waals surface area contributed by atoms with Crippen molar-refractivity contribution in [3.05, 3.63) is 28.7 Å². The summed E-state index contributed by atoms with van der Waals surface area (Å²) in [5.74, 6) is -0.139. The van der Waals surface area contributed by atoms with Crippen molar-refractivity contribution in [2.75, 3.05) is 11.9 Å². The molecule has 22 heavy (non-hydrogen) atoms. The van der Waals surface area contributed by atoms with Crippen molar-refractivity contribution >= 4 is 33.4 Å². The van der Waals surface area contributed by atoms with Crippen LogP contribution in [0.2, 0.25) is 0 Å². The molecule has 5 heteroatoms. The Labute approximate surface area is 139 Å². The normalized spacial score (nSPS) is 22.9. The summed E-state index contributed by atoms with van der Waals surface area (Å²) in [4.78, 5) is 26.6. The van der Waals surface area contributed by atoms with E-state index in [2.05, 4.69) is 21.2 Å². The number of rotatable bonds is 3. The molecule has 1 aromatic rings. The van der Waals surface area contributed by atoms with Gasteiger partial charge >= 0.3 is 0 Å². The van der Waals surface area contributed by atoms with Gasteiger partial charge in [-0.2, -0.15) is 0 Å². The molecule has 1 saturated heterocycles. The van der Waals surface area contributed by atoms with Gasteiger partial charge in [0.1, 0.15) is 0 Å². The Hall–Kier alpha value is -1.36. The van der Waals surface area contributed by atoms with E-state index in [-0.39, 0.29) is 17.7 Å². The third kappa shape index (κ3) is 3.51. The summed E-state index contributed by atoms with van der Waals surface area (Å²) in [5.41, 5.74) is 0.767. The third-order valence-electron chi connectivity index (χ3n) is 4.64. The summed E-state index contributed by atoms with van der Waals surface area (Å²) in [6, 6.07) is 7.88. The highest BCUT2D eigenvalue weighted by Gasteiger charge is 2.38. The molecule has 0 bridgehead atoms. The summed E-state index contributed by atoms with van der Waals surface area (Å²) >= 11 is 3.39. The summed E-state index contributed by atoms with van der Waals surface area (Å²) in [5, 5.41) is 2.92. The highest BCUT2D eigenvalue weighted by molar-refractivity contribution is 9.10. The first kappa shape index (κ1) is 15.5. The van der Waals surface area contributed by atoms with Gasteiger partial charge in [0.2, 0.25) is 11.8 Å². The molecule has 1 aliphatic heterocycles. The first-order chi connectivity index (χ1) is 10.6. The van der Waals surface area contributed by atoms with Crippen molar-refractivity contribution in [3.63, 3.8) is 0 Å². The second-order valence-corrected chi connectivity index (χ2v) is 7.15. The second-order valence-electron chi connectivity index (χ2n) is 6.24. The summed E-state index contributed by atoms with van der Waals surface area (Å²) < 4.78 is 0.927. The van der Waals surface area contributed by atoms with E-state index in [1.165, 1.54) is 19.3 Å². The Morgan fingerprint density at radius 3 is 2.73 bits per heavy atom. The topological polar surface area (TPSA) is 49.4 Å². The van der Waals surface area contributed by atoms with E-state index in [9.17, 15) is 9.59 Å². The fourth-order valence-electron chi connectivity index (χ4n) is 3.46. The molecule has 0 spiro atoms. The van der Waals surface area contributed by atoms with E-state index in [1.54, 1.807) is 0 Å². The number of carbonyl (C=O) groups is 2. The van der Waals surface area contributed by atoms with E-state index in [0.717, 1.165) is 23.0 Å². The van der Waals surface area contributed by atoms with Gasteiger partial charge in [0.05, 0.1) is 5.92 Å². The van der Waals surface area contributed by atoms with Crippen LogP contribution >= 0.6 is 15.9 Å². The number of anilines is 1. The average Bonchev–Trinajstić information content (AvgIpc) is 2.90. The molecule has 118 valence electrons. The maximum atomic E-state index is 12.4. The first-order valence-corrected chi connectivity index (χ1v) is 8.78. The molecule has 2 amide bonds. The lowest BCUT2D eigenvalue weighted by Gasteiger charge is -2.31. The molecule has 0 aromatic heterocycles. The summed E-state index contributed by atoms with van der Waals surface area (Å²) in [7, 11) is 0. The summed E-state index contributed by atoms with van der Waals surface area (Å²) in [6.07, 6.45) is 6.19. The van der Waals surface area contributed by atoms with Gasteiger partial charge in [-0.25, -0.2) is 0 Å². The molecule has 4 nitrogen and oxygen atoms in total. The number of amides is 2. The number of halogens is 1. The number of benzene rings is 1. The highest BCUT2D eigenvalue weighted by atomic mass is 79.9. The molecule has 0 unspecified atom stereocenters. The predicted octanol–water partition coefficient (Wildman–Crippen LogP) is 3.57. The monoisotopic (exact) mass is 364 g/mol. The molecule has 1 atom stereocenters. The number of nitrogens with one attached hydrogen (secondary N) is 1. The lowest BCUT2D eigenvalue weighted by molar-refractivity contribution is -0.130. The van der Waals surface area contributed by atoms with Crippen molar-refractivity contribution in [3.8, 4) is 0 Å². The van der Waals surface area contributed by atoms with Crippen LogP contribution in [-0.2, 0) is 9.59 Å². The van der Waals surface area contributed by atoms with Crippen molar-refractivity contribution in [2.24, 2.45) is 5.92 Å². The van der Waals surface area contributed by atoms with Crippen LogP contribution in [0.15, 0.2) is 28.7 Å². The van der Waals surface area contributed by atoms with E-state index in [0.29, 0.717) is 19.0 Å². The smallest absolute Gasteiger partial charge is 0.229 e. The Morgan fingerprint density at radius 1 is 1.23 bits per heavy atom. The predicted molar refractivity (Wildman–Crippen MR) is 89.5 cm³/mol. The van der Waals surface area contributed by atoms with Gasteiger partial charge in [-0.1, -0.05) is 41.3 Å². The van der Waals surface area contributed by atoms with Gasteiger partial charge in [0, 0.05) is 29.2 Å². The van der Waals surface area contributed by atoms with Gasteiger partial charge in [-0.3, -0.25) is 9.59 Å². The van der Waals surface area contributed by atoms with Crippen LogP contribution in [0.5, 0.6) is 0 Å². The SMILES string of the molecule is O=C(Nc1cccc(Br)c1)[C@H]1CC(=O)N(C2CCCCC2)C1. The van der Waals surface area contributed by atoms with Gasteiger partial charge in [-0.05, 0) is 31.0 Å². The van der Waals surface area contributed by atoms with Crippen molar-refractivity contribution < 1.29 is 9.59 Å². The maximum absolute atomic E-state index is 12.4. The minimum atomic E-state index is -0.228. The molecule has 0 radical (unpaired) electrons. The molecule has 2 fully saturated rings. The van der Waals surface area contributed by atoms with Crippen molar-refractivity contribution in [2.45, 2.75) is 44.6 Å². The molecular weight excluding hydrogens is 344 g/mol. The zero-order chi connectivity index (χ0) is 15.5. The highest BCUT2D eigenvalue weighted by Crippen LogP contribution is 2.29. The number of hydrogen-bond donors (Lipinski definition) is 1. The molecule has 1 heterocycles. The number of nitrogens with zero attached hydrogens (tertiary/aromatic N) is 1. The molecular formula is C17H21BrN2O2. The van der Waals surface area contributed by atoms with Crippen LogP contribution in [0.25, 0.3) is 0 Å². The Kier molecular flexibility index (Phi) is 4.81. The minimum Gasteiger partial charge on any atom is -0.339 e. The van der Waals surface area contributed by atoms with Crippen LogP contribution in [0.1, 0.15) is 38.5 Å². The molecule has 1 saturated carbocycles. The molecule has 1 aromatic carbocycles. The minimum absolute atomic E-state index is 0.0511. The van der Waals surface area contributed by atoms with Gasteiger partial charge in [0.25, 0.3) is 0 Å². The van der Waals surface area contributed by atoms with Crippen molar-refractivity contribution in [1.82, 2.24) is 4.90 Å². The van der Waals surface area contributed by atoms with E-state index in [1.807, 2.05) is 29.2 Å². The summed E-state index contributed by atoms with van der Waals surface area (Å²) in [6.45, 7) is 0.573. The van der Waals surface area contributed by atoms with Crippen LogP contribution in [-0.4, -0.2) is 29.3 Å². The standard InChI is InChI=1S/C17H21BrN2O2/c18-13-5-4-6-14(10-13)19-17(22)12-9-16(21)20(11-12)15-7-2-1-3-8-15/h4-6,10,12,15H,1-3,7-9,11H2,(H,19,22)/t12-/m0/s1. The van der Waals surface area contributed by atoms with Gasteiger partial charge in [0.15, 0.2) is 0 Å². The second kappa shape index (κ2) is 6.82. The molecule has 1 aliphatic carbocycles. The number of hydrogen-bond acceptors (Lipinski definition) is 2.